The molecular formula is C36H36N4O2S. The summed E-state index contributed by atoms with van der Waals surface area (Å²) in [4.78, 5) is 25.1. The van der Waals surface area contributed by atoms with E-state index < -0.39 is 5.41 Å². The highest BCUT2D eigenvalue weighted by atomic mass is 32.1. The number of amides is 1. The second-order valence-corrected chi connectivity index (χ2v) is 12.3. The molecule has 0 bridgehead atoms. The van der Waals surface area contributed by atoms with Crippen molar-refractivity contribution in [1.29, 1.82) is 0 Å². The van der Waals surface area contributed by atoms with Crippen LogP contribution in [-0.2, 0) is 16.0 Å². The van der Waals surface area contributed by atoms with E-state index in [1.54, 1.807) is 12.4 Å². The maximum atomic E-state index is 13.9. The Morgan fingerprint density at radius 1 is 0.884 bits per heavy atom. The molecular weight excluding hydrogens is 552 g/mol. The van der Waals surface area contributed by atoms with Crippen molar-refractivity contribution in [2.24, 2.45) is 5.41 Å². The molecule has 1 saturated heterocycles. The van der Waals surface area contributed by atoms with Crippen LogP contribution in [0.1, 0.15) is 42.1 Å². The van der Waals surface area contributed by atoms with Gasteiger partial charge in [0, 0.05) is 48.9 Å². The molecule has 1 N–H and O–H groups in total. The summed E-state index contributed by atoms with van der Waals surface area (Å²) >= 11 is 1.47. The van der Waals surface area contributed by atoms with Gasteiger partial charge in [-0.15, -0.1) is 11.3 Å². The largest absolute Gasteiger partial charge is 0.378 e. The number of hydrogen-bond donors (Lipinski definition) is 1. The third kappa shape index (κ3) is 6.69. The van der Waals surface area contributed by atoms with Crippen LogP contribution in [0.3, 0.4) is 0 Å². The molecule has 1 unspecified atom stereocenters. The molecule has 1 fully saturated rings. The standard InChI is InChI=1S/C36H36N4O2S/c1-36(2,33(29-6-4-3-5-7-29)30-12-14-32(15-13-30)40-20-22-42-23-21-40)34(41)39-35-38-31(25-43-35)24-26-8-10-27(11-9-26)28-16-18-37-19-17-28/h3-19,25,33H,20-24H2,1-2H3,(H,38,39,41). The van der Waals surface area contributed by atoms with E-state index in [2.05, 4.69) is 75.9 Å². The molecule has 0 spiro atoms. The van der Waals surface area contributed by atoms with E-state index in [0.29, 0.717) is 11.6 Å². The third-order valence-corrected chi connectivity index (χ3v) is 8.97. The quantitative estimate of drug-likeness (QED) is 0.194. The van der Waals surface area contributed by atoms with E-state index in [9.17, 15) is 4.79 Å². The first-order valence-electron chi connectivity index (χ1n) is 14.7. The summed E-state index contributed by atoms with van der Waals surface area (Å²) in [6.07, 6.45) is 4.31. The average Bonchev–Trinajstić information content (AvgIpc) is 3.49. The van der Waals surface area contributed by atoms with Crippen molar-refractivity contribution in [3.8, 4) is 11.1 Å². The summed E-state index contributed by atoms with van der Waals surface area (Å²) in [6.45, 7) is 7.32. The summed E-state index contributed by atoms with van der Waals surface area (Å²) in [7, 11) is 0. The minimum absolute atomic E-state index is 0.0544. The first-order valence-corrected chi connectivity index (χ1v) is 15.6. The smallest absolute Gasteiger partial charge is 0.232 e. The van der Waals surface area contributed by atoms with Crippen molar-refractivity contribution >= 4 is 28.1 Å². The maximum absolute atomic E-state index is 13.9. The Balaban J connectivity index is 1.17. The zero-order chi connectivity index (χ0) is 29.6. The number of thiazole rings is 1. The lowest BCUT2D eigenvalue weighted by Gasteiger charge is -2.34. The average molecular weight is 589 g/mol. The Labute approximate surface area is 257 Å². The number of benzene rings is 3. The summed E-state index contributed by atoms with van der Waals surface area (Å²) in [5.41, 5.74) is 7.07. The molecule has 0 radical (unpaired) electrons. The van der Waals surface area contributed by atoms with Crippen LogP contribution in [0.25, 0.3) is 11.1 Å². The zero-order valence-corrected chi connectivity index (χ0v) is 25.4. The predicted octanol–water partition coefficient (Wildman–Crippen LogP) is 7.43. The molecule has 1 amide bonds. The lowest BCUT2D eigenvalue weighted by atomic mass is 9.70. The van der Waals surface area contributed by atoms with Gasteiger partial charge in [-0.05, 0) is 52.1 Å². The van der Waals surface area contributed by atoms with E-state index in [-0.39, 0.29) is 11.8 Å². The van der Waals surface area contributed by atoms with Crippen LogP contribution in [0.5, 0.6) is 0 Å². The number of carbonyl (C=O) groups is 1. The Hall–Kier alpha value is -4.33. The molecule has 6 rings (SSSR count). The van der Waals surface area contributed by atoms with Gasteiger partial charge in [-0.2, -0.15) is 0 Å². The molecule has 0 aliphatic carbocycles. The Bertz CT molecular complexity index is 1630. The van der Waals surface area contributed by atoms with Gasteiger partial charge in [0.25, 0.3) is 0 Å². The fraction of sp³-hybridized carbons (Fsp3) is 0.250. The monoisotopic (exact) mass is 588 g/mol. The van der Waals surface area contributed by atoms with Crippen molar-refractivity contribution in [1.82, 2.24) is 9.97 Å². The number of pyridine rings is 1. The SMILES string of the molecule is CC(C)(C(=O)Nc1nc(Cc2ccc(-c3ccncc3)cc2)cs1)C(c1ccccc1)c1ccc(N2CCOCC2)cc1. The van der Waals surface area contributed by atoms with Crippen molar-refractivity contribution < 1.29 is 9.53 Å². The first kappa shape index (κ1) is 28.8. The summed E-state index contributed by atoms with van der Waals surface area (Å²) in [5, 5.41) is 5.79. The molecule has 7 heteroatoms. The minimum atomic E-state index is -0.740. The van der Waals surface area contributed by atoms with Gasteiger partial charge in [-0.3, -0.25) is 9.78 Å². The highest BCUT2D eigenvalue weighted by Crippen LogP contribution is 2.42. The second-order valence-electron chi connectivity index (χ2n) is 11.5. The molecule has 0 saturated carbocycles. The third-order valence-electron chi connectivity index (χ3n) is 8.17. The van der Waals surface area contributed by atoms with Gasteiger partial charge in [0.15, 0.2) is 5.13 Å². The lowest BCUT2D eigenvalue weighted by molar-refractivity contribution is -0.124. The molecule has 3 aromatic carbocycles. The topological polar surface area (TPSA) is 67.4 Å². The molecule has 6 nitrogen and oxygen atoms in total. The zero-order valence-electron chi connectivity index (χ0n) is 24.6. The van der Waals surface area contributed by atoms with Crippen LogP contribution in [0, 0.1) is 5.41 Å². The highest BCUT2D eigenvalue weighted by Gasteiger charge is 2.39. The molecule has 5 aromatic rings. The molecule has 2 aromatic heterocycles. The number of ether oxygens (including phenoxy) is 1. The summed E-state index contributed by atoms with van der Waals surface area (Å²) in [6, 6.07) is 31.5. The van der Waals surface area contributed by atoms with Gasteiger partial charge in [-0.25, -0.2) is 4.98 Å². The van der Waals surface area contributed by atoms with Crippen LogP contribution >= 0.6 is 11.3 Å². The van der Waals surface area contributed by atoms with E-state index in [4.69, 9.17) is 9.72 Å². The number of aromatic nitrogens is 2. The van der Waals surface area contributed by atoms with Crippen molar-refractivity contribution in [2.45, 2.75) is 26.2 Å². The number of hydrogen-bond acceptors (Lipinski definition) is 6. The van der Waals surface area contributed by atoms with Crippen molar-refractivity contribution in [2.75, 3.05) is 36.5 Å². The fourth-order valence-corrected chi connectivity index (χ4v) is 6.48. The molecule has 43 heavy (non-hydrogen) atoms. The van der Waals surface area contributed by atoms with E-state index in [0.717, 1.165) is 54.3 Å². The van der Waals surface area contributed by atoms with Gasteiger partial charge in [0.05, 0.1) is 24.3 Å². The Morgan fingerprint density at radius 2 is 1.53 bits per heavy atom. The summed E-state index contributed by atoms with van der Waals surface area (Å²) in [5.74, 6) is -0.188. The van der Waals surface area contributed by atoms with Gasteiger partial charge in [0.2, 0.25) is 5.91 Å². The maximum Gasteiger partial charge on any atom is 0.232 e. The van der Waals surface area contributed by atoms with Crippen LogP contribution in [-0.4, -0.2) is 42.2 Å². The summed E-state index contributed by atoms with van der Waals surface area (Å²) < 4.78 is 5.52. The van der Waals surface area contributed by atoms with E-state index >= 15 is 0 Å². The lowest BCUT2D eigenvalue weighted by Crippen LogP contribution is -2.37. The van der Waals surface area contributed by atoms with Crippen molar-refractivity contribution in [3.63, 3.8) is 0 Å². The van der Waals surface area contributed by atoms with Crippen molar-refractivity contribution in [3.05, 3.63) is 131 Å². The van der Waals surface area contributed by atoms with Crippen LogP contribution in [0.2, 0.25) is 0 Å². The number of carbonyl (C=O) groups excluding carboxylic acids is 1. The number of nitrogens with one attached hydrogen (secondary N) is 1. The Kier molecular flexibility index (Phi) is 8.63. The normalized spacial score (nSPS) is 14.3. The number of nitrogens with zero attached hydrogens (tertiary/aromatic N) is 3. The fourth-order valence-electron chi connectivity index (χ4n) is 5.77. The van der Waals surface area contributed by atoms with Crippen LogP contribution < -0.4 is 10.2 Å². The van der Waals surface area contributed by atoms with Gasteiger partial charge < -0.3 is 15.0 Å². The van der Waals surface area contributed by atoms with Gasteiger partial charge in [-0.1, -0.05) is 80.6 Å². The minimum Gasteiger partial charge on any atom is -0.378 e. The van der Waals surface area contributed by atoms with Crippen LogP contribution in [0.15, 0.2) is 109 Å². The molecule has 218 valence electrons. The first-order chi connectivity index (χ1) is 21.0. The molecule has 1 aliphatic heterocycles. The van der Waals surface area contributed by atoms with Gasteiger partial charge >= 0.3 is 0 Å². The van der Waals surface area contributed by atoms with Crippen LogP contribution in [0.4, 0.5) is 10.8 Å². The number of rotatable bonds is 9. The Morgan fingerprint density at radius 3 is 2.23 bits per heavy atom. The highest BCUT2D eigenvalue weighted by molar-refractivity contribution is 7.13. The molecule has 1 atom stereocenters. The van der Waals surface area contributed by atoms with Gasteiger partial charge in [0.1, 0.15) is 0 Å². The predicted molar refractivity (Wildman–Crippen MR) is 175 cm³/mol. The van der Waals surface area contributed by atoms with E-state index in [1.165, 1.54) is 22.6 Å². The molecule has 1 aliphatic rings. The second kappa shape index (κ2) is 12.9. The number of anilines is 2. The molecule has 3 heterocycles. The van der Waals surface area contributed by atoms with E-state index in [1.807, 2.05) is 49.6 Å². The number of morpholine rings is 1.